The Morgan fingerprint density at radius 2 is 1.30 bits per heavy atom. The van der Waals surface area contributed by atoms with E-state index in [2.05, 4.69) is 107 Å². The van der Waals surface area contributed by atoms with Gasteiger partial charge in [-0.3, -0.25) is 0 Å². The summed E-state index contributed by atoms with van der Waals surface area (Å²) in [6, 6.07) is 31.7. The van der Waals surface area contributed by atoms with E-state index in [0.717, 1.165) is 12.2 Å². The average molecular weight is 350 g/mol. The molecule has 0 spiro atoms. The number of allylic oxidation sites excluding steroid dienone is 1. The van der Waals surface area contributed by atoms with E-state index in [1.165, 1.54) is 16.7 Å². The van der Waals surface area contributed by atoms with Gasteiger partial charge in [-0.1, -0.05) is 97.1 Å². The molecule has 0 radical (unpaired) electrons. The number of hydrogen-bond acceptors (Lipinski definition) is 1. The summed E-state index contributed by atoms with van der Waals surface area (Å²) in [6.45, 7) is 0.821. The van der Waals surface area contributed by atoms with E-state index in [4.69, 9.17) is 0 Å². The van der Waals surface area contributed by atoms with Gasteiger partial charge in [-0.2, -0.15) is 0 Å². The third-order valence-corrected chi connectivity index (χ3v) is 4.72. The molecule has 0 atom stereocenters. The number of imidazole rings is 1. The Labute approximate surface area is 160 Å². The fourth-order valence-corrected chi connectivity index (χ4v) is 3.31. The van der Waals surface area contributed by atoms with Crippen LogP contribution < -0.4 is 0 Å². The lowest BCUT2D eigenvalue weighted by Gasteiger charge is -2.14. The van der Waals surface area contributed by atoms with Crippen LogP contribution in [0.2, 0.25) is 0 Å². The summed E-state index contributed by atoms with van der Waals surface area (Å²) in [4.78, 5) is 4.35. The molecule has 0 bridgehead atoms. The molecule has 27 heavy (non-hydrogen) atoms. The molecule has 2 heteroatoms. The second kappa shape index (κ2) is 8.33. The lowest BCUT2D eigenvalue weighted by molar-refractivity contribution is 0.789. The molecule has 0 saturated heterocycles. The number of benzene rings is 3. The van der Waals surface area contributed by atoms with Crippen molar-refractivity contribution in [1.82, 2.24) is 9.55 Å². The summed E-state index contributed by atoms with van der Waals surface area (Å²) in [5.41, 5.74) is 4.95. The normalized spacial score (nSPS) is 11.3. The summed E-state index contributed by atoms with van der Waals surface area (Å²) < 4.78 is 2.18. The molecule has 0 unspecified atom stereocenters. The molecule has 0 aliphatic carbocycles. The van der Waals surface area contributed by atoms with Crippen molar-refractivity contribution in [2.24, 2.45) is 0 Å². The van der Waals surface area contributed by atoms with Crippen LogP contribution in [-0.4, -0.2) is 9.55 Å². The van der Waals surface area contributed by atoms with E-state index in [1.807, 2.05) is 18.6 Å². The molecule has 4 rings (SSSR count). The van der Waals surface area contributed by atoms with Crippen molar-refractivity contribution in [2.45, 2.75) is 12.5 Å². The molecule has 1 aromatic heterocycles. The first-order valence-corrected chi connectivity index (χ1v) is 9.22. The highest BCUT2D eigenvalue weighted by molar-refractivity contribution is 5.50. The number of hydrogen-bond donors (Lipinski definition) is 0. The largest absolute Gasteiger partial charge is 0.327 e. The van der Waals surface area contributed by atoms with Crippen molar-refractivity contribution in [3.05, 3.63) is 132 Å². The van der Waals surface area contributed by atoms with Crippen LogP contribution in [-0.2, 0) is 6.54 Å². The highest BCUT2D eigenvalue weighted by Gasteiger charge is 2.10. The fourth-order valence-electron chi connectivity index (χ4n) is 3.31. The van der Waals surface area contributed by atoms with E-state index >= 15 is 0 Å². The summed E-state index contributed by atoms with van der Waals surface area (Å²) in [5, 5.41) is 0. The van der Waals surface area contributed by atoms with Crippen molar-refractivity contribution in [1.29, 1.82) is 0 Å². The van der Waals surface area contributed by atoms with Crippen LogP contribution in [0.25, 0.3) is 6.08 Å². The Hall–Kier alpha value is -3.39. The van der Waals surface area contributed by atoms with Gasteiger partial charge in [0.1, 0.15) is 0 Å². The van der Waals surface area contributed by atoms with Crippen LogP contribution in [0.3, 0.4) is 0 Å². The lowest BCUT2D eigenvalue weighted by atomic mass is 9.91. The molecule has 4 aromatic rings. The molecular formula is C25H22N2. The van der Waals surface area contributed by atoms with Crippen molar-refractivity contribution in [3.8, 4) is 0 Å². The predicted molar refractivity (Wildman–Crippen MR) is 112 cm³/mol. The van der Waals surface area contributed by atoms with Gasteiger partial charge in [0.2, 0.25) is 0 Å². The van der Waals surface area contributed by atoms with Crippen LogP contribution in [0.5, 0.6) is 0 Å². The summed E-state index contributed by atoms with van der Waals surface area (Å²) >= 11 is 0. The summed E-state index contributed by atoms with van der Waals surface area (Å²) in [5.74, 6) is 0.215. The van der Waals surface area contributed by atoms with E-state index in [0.29, 0.717) is 0 Å². The third kappa shape index (κ3) is 4.24. The molecule has 0 aliphatic rings. The molecule has 0 N–H and O–H groups in total. The Bertz CT molecular complexity index is 947. The van der Waals surface area contributed by atoms with Crippen LogP contribution in [0.1, 0.15) is 28.3 Å². The Kier molecular flexibility index (Phi) is 5.26. The van der Waals surface area contributed by atoms with Gasteiger partial charge >= 0.3 is 0 Å². The Morgan fingerprint density at radius 3 is 1.89 bits per heavy atom. The van der Waals surface area contributed by atoms with Gasteiger partial charge < -0.3 is 4.57 Å². The Balaban J connectivity index is 1.63. The van der Waals surface area contributed by atoms with Crippen molar-refractivity contribution in [2.75, 3.05) is 0 Å². The minimum atomic E-state index is 0.215. The maximum atomic E-state index is 4.35. The number of nitrogens with zero attached hydrogens (tertiary/aromatic N) is 2. The minimum absolute atomic E-state index is 0.215. The smallest absolute Gasteiger partial charge is 0.0953 e. The van der Waals surface area contributed by atoms with Crippen LogP contribution >= 0.6 is 0 Å². The topological polar surface area (TPSA) is 17.8 Å². The second-order valence-corrected chi connectivity index (χ2v) is 6.59. The maximum absolute atomic E-state index is 4.35. The SMILES string of the molecule is C(=C\C(c1ccccc1)c1ccccc1)/c1cncn1Cc1ccccc1. The fraction of sp³-hybridized carbons (Fsp3) is 0.0800. The van der Waals surface area contributed by atoms with Gasteiger partial charge in [-0.05, 0) is 22.8 Å². The van der Waals surface area contributed by atoms with Crippen molar-refractivity contribution >= 4 is 6.08 Å². The second-order valence-electron chi connectivity index (χ2n) is 6.59. The van der Waals surface area contributed by atoms with Crippen molar-refractivity contribution in [3.63, 3.8) is 0 Å². The van der Waals surface area contributed by atoms with Crippen LogP contribution in [0, 0.1) is 0 Å². The van der Waals surface area contributed by atoms with E-state index < -0.39 is 0 Å². The monoisotopic (exact) mass is 350 g/mol. The molecule has 2 nitrogen and oxygen atoms in total. The van der Waals surface area contributed by atoms with Gasteiger partial charge in [-0.15, -0.1) is 0 Å². The first-order chi connectivity index (χ1) is 13.4. The van der Waals surface area contributed by atoms with Crippen molar-refractivity contribution < 1.29 is 0 Å². The third-order valence-electron chi connectivity index (χ3n) is 4.72. The molecule has 0 fully saturated rings. The molecule has 1 heterocycles. The lowest BCUT2D eigenvalue weighted by Crippen LogP contribution is -2.01. The zero-order valence-electron chi connectivity index (χ0n) is 15.1. The van der Waals surface area contributed by atoms with Crippen LogP contribution in [0.4, 0.5) is 0 Å². The van der Waals surface area contributed by atoms with E-state index in [9.17, 15) is 0 Å². The molecular weight excluding hydrogens is 328 g/mol. The zero-order chi connectivity index (χ0) is 18.3. The number of rotatable bonds is 6. The predicted octanol–water partition coefficient (Wildman–Crippen LogP) is 5.78. The van der Waals surface area contributed by atoms with Gasteiger partial charge in [0.15, 0.2) is 0 Å². The highest BCUT2D eigenvalue weighted by Crippen LogP contribution is 2.26. The maximum Gasteiger partial charge on any atom is 0.0953 e. The van der Waals surface area contributed by atoms with Gasteiger partial charge in [-0.25, -0.2) is 4.98 Å². The summed E-state index contributed by atoms with van der Waals surface area (Å²) in [6.07, 6.45) is 8.27. The first-order valence-electron chi connectivity index (χ1n) is 9.22. The summed E-state index contributed by atoms with van der Waals surface area (Å²) in [7, 11) is 0. The van der Waals surface area contributed by atoms with E-state index in [-0.39, 0.29) is 5.92 Å². The number of aromatic nitrogens is 2. The van der Waals surface area contributed by atoms with Gasteiger partial charge in [0, 0.05) is 12.5 Å². The quantitative estimate of drug-likeness (QED) is 0.431. The van der Waals surface area contributed by atoms with Gasteiger partial charge in [0.05, 0.1) is 18.2 Å². The molecule has 0 aliphatic heterocycles. The molecule has 0 amide bonds. The highest BCUT2D eigenvalue weighted by atomic mass is 15.0. The van der Waals surface area contributed by atoms with E-state index in [1.54, 1.807) is 0 Å². The molecule has 3 aromatic carbocycles. The molecule has 0 saturated carbocycles. The first kappa shape index (κ1) is 17.0. The van der Waals surface area contributed by atoms with Crippen LogP contribution in [0.15, 0.2) is 110 Å². The molecule has 132 valence electrons. The Morgan fingerprint density at radius 1 is 0.741 bits per heavy atom. The standard InChI is InChI=1S/C25H22N2/c1-4-10-21(11-5-1)19-27-20-26-18-24(27)16-17-25(22-12-6-2-7-13-22)23-14-8-3-9-15-23/h1-18,20,25H,19H2/b17-16+. The van der Waals surface area contributed by atoms with Gasteiger partial charge in [0.25, 0.3) is 0 Å². The zero-order valence-corrected chi connectivity index (χ0v) is 15.1. The minimum Gasteiger partial charge on any atom is -0.327 e. The average Bonchev–Trinajstić information content (AvgIpc) is 3.17.